The van der Waals surface area contributed by atoms with Crippen molar-refractivity contribution in [3.63, 3.8) is 0 Å². The van der Waals surface area contributed by atoms with Crippen LogP contribution < -0.4 is 0 Å². The van der Waals surface area contributed by atoms with Gasteiger partial charge in [0.2, 0.25) is 0 Å². The SMILES string of the molecule is CC(C)(C)c1cc[c-]cc1.[CH-]=Cc1cc(C(C)(C)C)cc(C(C)(C)C)c1.[CH-]=Cc1ccccc1.[Ni+2].[Ni+2].[Ni+2].[Ni+2].[c-]1c(-c2ccccn2)cccc1-c1ccccn1.[c-]1c(-c2ccccn2)cccc1-c1ccccn1.[c-]1c(-c2ccccn2)cccc1-c1ccccn1.[c-]1c(-c2ccccn2)cccc1-c1ccccn1.[c-]1ccccc1. The van der Waals surface area contributed by atoms with Gasteiger partial charge >= 0.3 is 66.0 Å². The maximum atomic E-state index is 5.65. The van der Waals surface area contributed by atoms with Crippen molar-refractivity contribution in [1.82, 2.24) is 39.9 Å². The van der Waals surface area contributed by atoms with Gasteiger partial charge in [-0.2, -0.15) is 83.4 Å². The molecule has 8 aromatic carbocycles. The molecule has 8 heterocycles. The Morgan fingerprint density at radius 1 is 0.216 bits per heavy atom. The van der Waals surface area contributed by atoms with Gasteiger partial charge in [0.25, 0.3) is 0 Å². The van der Waals surface area contributed by atoms with Crippen LogP contribution in [0.25, 0.3) is 102 Å². The standard InChI is InChI=1S/4C16H11N2.C16H23.C10H13.C8H7.C6H5.4Ni/c4*1-3-10-17-15(8-1)13-6-5-7-14(12-13)16-9-2-4-11-18-16;1-8-12-9-13(15(2,3)4)11-14(10-12)16(5,6)7;1-10(2,3)9-7-5-4-6-8-9;1-2-8-6-4-3-5-7-8;1-2-4-6-5-3-1;;;;/h4*1-11H;1,8-11H,2-7H3;5-8H,1-3H3;1-7H;1-5H;;;;/q8*-1;4*+2. The molecule has 0 saturated carbocycles. The fourth-order valence-electron chi connectivity index (χ4n) is 10.7. The quantitative estimate of drug-likeness (QED) is 0.0985. The number of aromatic nitrogens is 8. The Bertz CT molecular complexity index is 4590. The van der Waals surface area contributed by atoms with E-state index in [4.69, 9.17) is 13.2 Å². The van der Waals surface area contributed by atoms with Crippen LogP contribution in [-0.2, 0) is 82.2 Å². The third-order valence-corrected chi connectivity index (χ3v) is 16.8. The van der Waals surface area contributed by atoms with E-state index in [-0.39, 0.29) is 82.2 Å². The molecule has 0 fully saturated rings. The summed E-state index contributed by atoms with van der Waals surface area (Å²) >= 11 is 0. The molecule has 16 rings (SSSR count). The van der Waals surface area contributed by atoms with Crippen molar-refractivity contribution in [2.24, 2.45) is 0 Å². The Morgan fingerprint density at radius 3 is 0.595 bits per heavy atom. The van der Waals surface area contributed by atoms with E-state index in [2.05, 4.69) is 169 Å². The van der Waals surface area contributed by atoms with Crippen LogP contribution in [0.15, 0.2) is 371 Å². The smallest absolute Gasteiger partial charge is 0.295 e. The van der Waals surface area contributed by atoms with E-state index in [1.807, 2.05) is 291 Å². The van der Waals surface area contributed by atoms with Crippen LogP contribution in [0.4, 0.5) is 0 Å². The maximum Gasteiger partial charge on any atom is 2.00 e. The largest absolute Gasteiger partial charge is 2.00 e. The number of rotatable bonds is 10. The summed E-state index contributed by atoms with van der Waals surface area (Å²) < 4.78 is 0. The molecule has 0 aliphatic heterocycles. The summed E-state index contributed by atoms with van der Waals surface area (Å²) in [5, 5.41) is 0. The Kier molecular flexibility index (Phi) is 41.4. The Hall–Kier alpha value is -11.6. The second-order valence-electron chi connectivity index (χ2n) is 28.3. The van der Waals surface area contributed by atoms with Gasteiger partial charge in [-0.15, -0.1) is 121 Å². The van der Waals surface area contributed by atoms with E-state index < -0.39 is 0 Å². The van der Waals surface area contributed by atoms with Crippen molar-refractivity contribution in [2.75, 3.05) is 0 Å². The van der Waals surface area contributed by atoms with Gasteiger partial charge in [-0.1, -0.05) is 239 Å². The van der Waals surface area contributed by atoms with Crippen molar-refractivity contribution in [2.45, 2.75) is 78.6 Å². The zero-order valence-corrected chi connectivity index (χ0v) is 70.3. The number of pyridine rings is 8. The molecule has 16 aromatic rings. The minimum absolute atomic E-state index is 0. The van der Waals surface area contributed by atoms with Crippen molar-refractivity contribution in [3.8, 4) is 90.1 Å². The van der Waals surface area contributed by atoms with Crippen LogP contribution in [0.1, 0.15) is 90.1 Å². The molecule has 0 aliphatic rings. The van der Waals surface area contributed by atoms with Gasteiger partial charge in [0, 0.05) is 95.1 Å². The molecule has 0 atom stereocenters. The Balaban J connectivity index is 0.000000240. The minimum Gasteiger partial charge on any atom is -0.295 e. The summed E-state index contributed by atoms with van der Waals surface area (Å²) in [6.07, 6.45) is 17.6. The maximum absolute atomic E-state index is 5.65. The van der Waals surface area contributed by atoms with Crippen molar-refractivity contribution < 1.29 is 66.0 Å². The molecule has 0 spiro atoms. The van der Waals surface area contributed by atoms with E-state index in [0.29, 0.717) is 0 Å². The fourth-order valence-corrected chi connectivity index (χ4v) is 10.7. The second kappa shape index (κ2) is 50.6. The molecule has 0 radical (unpaired) electrons. The monoisotopic (exact) mass is 1680 g/mol. The average Bonchev–Trinajstić information content (AvgIpc) is 0.772. The van der Waals surface area contributed by atoms with Crippen molar-refractivity contribution in [1.29, 1.82) is 0 Å². The van der Waals surface area contributed by atoms with Crippen molar-refractivity contribution >= 4 is 12.2 Å². The Labute approximate surface area is 729 Å². The first-order valence-electron chi connectivity index (χ1n) is 37.0. The molecular weight excluding hydrogens is 1600 g/mol. The zero-order valence-electron chi connectivity index (χ0n) is 66.4. The average molecular weight is 1690 g/mol. The van der Waals surface area contributed by atoms with Crippen LogP contribution >= 0.6 is 0 Å². The molecular formula is C104H92N8Ni4. The summed E-state index contributed by atoms with van der Waals surface area (Å²) in [5.74, 6) is 0. The van der Waals surface area contributed by atoms with Gasteiger partial charge in [-0.25, -0.2) is 12.2 Å². The molecule has 116 heavy (non-hydrogen) atoms. The van der Waals surface area contributed by atoms with Crippen LogP contribution in [0.3, 0.4) is 0 Å². The van der Waals surface area contributed by atoms with E-state index in [1.54, 1.807) is 61.7 Å². The first-order chi connectivity index (χ1) is 54.4. The van der Waals surface area contributed by atoms with Crippen LogP contribution in [-0.4, -0.2) is 39.9 Å². The van der Waals surface area contributed by atoms with Gasteiger partial charge in [-0.05, 0) is 64.8 Å². The van der Waals surface area contributed by atoms with E-state index in [1.165, 1.54) is 16.7 Å². The number of hydrogen-bond donors (Lipinski definition) is 0. The van der Waals surface area contributed by atoms with Crippen LogP contribution in [0.2, 0.25) is 0 Å². The summed E-state index contributed by atoms with van der Waals surface area (Å²) in [7, 11) is 0. The van der Waals surface area contributed by atoms with E-state index >= 15 is 0 Å². The predicted molar refractivity (Wildman–Crippen MR) is 464 cm³/mol. The molecule has 0 N–H and O–H groups in total. The Morgan fingerprint density at radius 2 is 0.431 bits per heavy atom. The van der Waals surface area contributed by atoms with Crippen LogP contribution in [0, 0.1) is 49.6 Å². The number of benzene rings is 8. The molecule has 0 saturated heterocycles. The number of nitrogens with zero attached hydrogens (tertiary/aromatic N) is 8. The van der Waals surface area contributed by atoms with E-state index in [0.717, 1.165) is 101 Å². The predicted octanol–water partition coefficient (Wildman–Crippen LogP) is 25.6. The van der Waals surface area contributed by atoms with E-state index in [9.17, 15) is 0 Å². The first kappa shape index (κ1) is 95.0. The van der Waals surface area contributed by atoms with Gasteiger partial charge in [0.15, 0.2) is 0 Å². The van der Waals surface area contributed by atoms with Crippen LogP contribution in [0.5, 0.6) is 0 Å². The molecule has 0 unspecified atom stereocenters. The first-order valence-corrected chi connectivity index (χ1v) is 37.0. The summed E-state index contributed by atoms with van der Waals surface area (Å²) in [6.45, 7) is 30.9. The second-order valence-corrected chi connectivity index (χ2v) is 28.3. The van der Waals surface area contributed by atoms with Crippen molar-refractivity contribution in [3.05, 3.63) is 448 Å². The van der Waals surface area contributed by atoms with Gasteiger partial charge in [0.1, 0.15) is 0 Å². The molecule has 0 amide bonds. The molecule has 8 nitrogen and oxygen atoms in total. The molecule has 12 heteroatoms. The molecule has 0 aliphatic carbocycles. The minimum atomic E-state index is 0. The molecule has 8 aromatic heterocycles. The molecule has 0 bridgehead atoms. The normalized spacial score (nSPS) is 10.1. The summed E-state index contributed by atoms with van der Waals surface area (Å²) in [5.41, 5.74) is 22.1. The molecule has 588 valence electrons. The summed E-state index contributed by atoms with van der Waals surface area (Å²) in [4.78, 5) is 34.7. The van der Waals surface area contributed by atoms with Gasteiger partial charge < -0.3 is 0 Å². The fraction of sp³-hybridized carbons (Fsp3) is 0.115. The third-order valence-electron chi connectivity index (χ3n) is 16.8. The summed E-state index contributed by atoms with van der Waals surface area (Å²) in [6, 6.07) is 125. The van der Waals surface area contributed by atoms with Gasteiger partial charge in [0.05, 0.1) is 0 Å². The zero-order chi connectivity index (χ0) is 79.1. The number of hydrogen-bond acceptors (Lipinski definition) is 8. The van der Waals surface area contributed by atoms with Gasteiger partial charge in [-0.3, -0.25) is 53.0 Å². The third kappa shape index (κ3) is 32.4. The topological polar surface area (TPSA) is 103 Å².